The van der Waals surface area contributed by atoms with Gasteiger partial charge in [-0.05, 0) is 78.6 Å². The highest BCUT2D eigenvalue weighted by Crippen LogP contribution is 2.37. The summed E-state index contributed by atoms with van der Waals surface area (Å²) < 4.78 is 10.9. The van der Waals surface area contributed by atoms with E-state index in [0.29, 0.717) is 0 Å². The predicted molar refractivity (Wildman–Crippen MR) is 143 cm³/mol. The molecule has 0 saturated carbocycles. The van der Waals surface area contributed by atoms with Crippen molar-refractivity contribution in [3.63, 3.8) is 0 Å². The lowest BCUT2D eigenvalue weighted by molar-refractivity contribution is 0.399. The molecule has 2 aliphatic heterocycles. The highest BCUT2D eigenvalue weighted by atomic mass is 16.5. The summed E-state index contributed by atoms with van der Waals surface area (Å²) in [7, 11) is 3.44. The summed E-state index contributed by atoms with van der Waals surface area (Å²) in [6.07, 6.45) is 3.71. The number of aromatic nitrogens is 2. The molecule has 4 aromatic rings. The molecular weight excluding hydrogens is 436 g/mol. The first-order chi connectivity index (χ1) is 17.0. The van der Waals surface area contributed by atoms with Gasteiger partial charge in [-0.1, -0.05) is 13.8 Å². The molecule has 6 heteroatoms. The van der Waals surface area contributed by atoms with Crippen molar-refractivity contribution in [2.24, 2.45) is 15.4 Å². The van der Waals surface area contributed by atoms with Crippen molar-refractivity contribution >= 4 is 33.2 Å². The molecule has 2 aromatic carbocycles. The largest absolute Gasteiger partial charge is 0.497 e. The molecule has 0 unspecified atom stereocenters. The third kappa shape index (κ3) is 3.81. The quantitative estimate of drug-likeness (QED) is 0.372. The van der Waals surface area contributed by atoms with Gasteiger partial charge in [0.05, 0.1) is 37.0 Å². The van der Waals surface area contributed by atoms with Crippen molar-refractivity contribution < 1.29 is 9.47 Å². The molecule has 2 aliphatic rings. The maximum absolute atomic E-state index is 5.47. The van der Waals surface area contributed by atoms with E-state index in [-0.39, 0.29) is 5.41 Å². The van der Waals surface area contributed by atoms with Gasteiger partial charge < -0.3 is 19.4 Å². The molecular formula is C29H32N4O2. The molecule has 0 fully saturated rings. The van der Waals surface area contributed by atoms with Crippen LogP contribution in [0.3, 0.4) is 0 Å². The summed E-state index contributed by atoms with van der Waals surface area (Å²) in [6.45, 7) is 6.32. The van der Waals surface area contributed by atoms with Crippen LogP contribution in [-0.2, 0) is 12.8 Å². The molecule has 0 bridgehead atoms. The number of ether oxygens (including phenoxy) is 2. The predicted octanol–water partition coefficient (Wildman–Crippen LogP) is 5.86. The molecule has 35 heavy (non-hydrogen) atoms. The Hall–Kier alpha value is -3.54. The van der Waals surface area contributed by atoms with Crippen molar-refractivity contribution in [2.45, 2.75) is 39.5 Å². The minimum Gasteiger partial charge on any atom is -0.497 e. The number of H-pyrrole nitrogens is 2. The number of hydrogen-bond acceptors (Lipinski definition) is 4. The minimum absolute atomic E-state index is 0.00482. The monoisotopic (exact) mass is 468 g/mol. The summed E-state index contributed by atoms with van der Waals surface area (Å²) in [4.78, 5) is 17.3. The SMILES string of the molecule is COc1ccc2[nH]c3c(c2c1)CCN=C3CC(C)(C)CC1=NCCc2c1[nH]c1ccc(OC)cc21. The third-order valence-electron chi connectivity index (χ3n) is 7.42. The normalized spacial score (nSPS) is 15.5. The number of aromatic amines is 2. The van der Waals surface area contributed by atoms with E-state index in [1.807, 2.05) is 12.1 Å². The van der Waals surface area contributed by atoms with E-state index in [1.54, 1.807) is 14.2 Å². The number of aliphatic imine (C=N–C) groups is 2. The van der Waals surface area contributed by atoms with Crippen LogP contribution in [0.1, 0.15) is 49.2 Å². The molecule has 180 valence electrons. The molecule has 6 nitrogen and oxygen atoms in total. The van der Waals surface area contributed by atoms with E-state index in [4.69, 9.17) is 19.5 Å². The molecule has 0 radical (unpaired) electrons. The molecule has 0 saturated heterocycles. The molecule has 2 aromatic heterocycles. The lowest BCUT2D eigenvalue weighted by atomic mass is 9.79. The number of benzene rings is 2. The van der Waals surface area contributed by atoms with Gasteiger partial charge in [-0.2, -0.15) is 0 Å². The number of nitrogens with one attached hydrogen (secondary N) is 2. The van der Waals surface area contributed by atoms with Gasteiger partial charge in [0.1, 0.15) is 11.5 Å². The average molecular weight is 469 g/mol. The van der Waals surface area contributed by atoms with Crippen molar-refractivity contribution in [2.75, 3.05) is 27.3 Å². The Labute approximate surface area is 205 Å². The molecule has 6 rings (SSSR count). The van der Waals surface area contributed by atoms with Crippen LogP contribution >= 0.6 is 0 Å². The van der Waals surface area contributed by atoms with Gasteiger partial charge >= 0.3 is 0 Å². The van der Waals surface area contributed by atoms with E-state index >= 15 is 0 Å². The van der Waals surface area contributed by atoms with Crippen LogP contribution < -0.4 is 9.47 Å². The minimum atomic E-state index is 0.00482. The van der Waals surface area contributed by atoms with Crippen molar-refractivity contribution in [3.05, 3.63) is 58.9 Å². The van der Waals surface area contributed by atoms with Gasteiger partial charge in [0, 0.05) is 34.9 Å². The Bertz CT molecular complexity index is 1390. The van der Waals surface area contributed by atoms with Crippen LogP contribution in [-0.4, -0.2) is 48.7 Å². The van der Waals surface area contributed by atoms with Crippen LogP contribution in [0.5, 0.6) is 11.5 Å². The van der Waals surface area contributed by atoms with E-state index in [9.17, 15) is 0 Å². The smallest absolute Gasteiger partial charge is 0.119 e. The van der Waals surface area contributed by atoms with Crippen LogP contribution in [0.2, 0.25) is 0 Å². The van der Waals surface area contributed by atoms with Gasteiger partial charge in [-0.15, -0.1) is 0 Å². The second-order valence-electron chi connectivity index (χ2n) is 10.5. The van der Waals surface area contributed by atoms with Crippen LogP contribution in [0.4, 0.5) is 0 Å². The van der Waals surface area contributed by atoms with E-state index in [2.05, 4.69) is 48.1 Å². The summed E-state index contributed by atoms with van der Waals surface area (Å²) in [5.41, 5.74) is 9.76. The van der Waals surface area contributed by atoms with Crippen LogP contribution in [0.25, 0.3) is 21.8 Å². The molecule has 4 heterocycles. The molecule has 0 spiro atoms. The zero-order valence-corrected chi connectivity index (χ0v) is 20.9. The molecule has 0 aliphatic carbocycles. The topological polar surface area (TPSA) is 74.8 Å². The summed E-state index contributed by atoms with van der Waals surface area (Å²) in [5.74, 6) is 1.79. The lowest BCUT2D eigenvalue weighted by Gasteiger charge is -2.28. The fourth-order valence-corrected chi connectivity index (χ4v) is 5.74. The number of nitrogens with zero attached hydrogens (tertiary/aromatic N) is 2. The first-order valence-corrected chi connectivity index (χ1v) is 12.4. The number of methoxy groups -OCH3 is 2. The first kappa shape index (κ1) is 22.0. The van der Waals surface area contributed by atoms with Crippen molar-refractivity contribution in [1.82, 2.24) is 9.97 Å². The van der Waals surface area contributed by atoms with Gasteiger partial charge in [0.15, 0.2) is 0 Å². The Morgan fingerprint density at radius 3 is 1.63 bits per heavy atom. The second-order valence-corrected chi connectivity index (χ2v) is 10.5. The molecule has 0 atom stereocenters. The Morgan fingerprint density at radius 2 is 1.20 bits per heavy atom. The molecule has 2 N–H and O–H groups in total. The summed E-state index contributed by atoms with van der Waals surface area (Å²) >= 11 is 0. The standard InChI is InChI=1S/C29H32N4O2/c1-29(2,15-25-27-19(9-11-30-25)21-13-17(34-3)5-7-23(21)32-27)16-26-28-20(10-12-31-26)22-14-18(35-4)6-8-24(22)33-28/h5-8,13-14,32-33H,9-12,15-16H2,1-4H3. The van der Waals surface area contributed by atoms with Gasteiger partial charge in [0.2, 0.25) is 0 Å². The maximum Gasteiger partial charge on any atom is 0.119 e. The van der Waals surface area contributed by atoms with Crippen molar-refractivity contribution in [1.29, 1.82) is 0 Å². The fraction of sp³-hybridized carbons (Fsp3) is 0.379. The summed E-state index contributed by atoms with van der Waals surface area (Å²) in [5, 5.41) is 2.50. The first-order valence-electron chi connectivity index (χ1n) is 12.4. The third-order valence-corrected chi connectivity index (χ3v) is 7.42. The lowest BCUT2D eigenvalue weighted by Crippen LogP contribution is -2.26. The van der Waals surface area contributed by atoms with E-state index in [0.717, 1.165) is 61.3 Å². The number of hydrogen-bond donors (Lipinski definition) is 2. The Balaban J connectivity index is 1.29. The second kappa shape index (κ2) is 8.29. The highest BCUT2D eigenvalue weighted by molar-refractivity contribution is 6.09. The Morgan fingerprint density at radius 1 is 0.743 bits per heavy atom. The zero-order chi connectivity index (χ0) is 24.2. The average Bonchev–Trinajstić information content (AvgIpc) is 3.42. The van der Waals surface area contributed by atoms with Gasteiger partial charge in [-0.25, -0.2) is 0 Å². The van der Waals surface area contributed by atoms with Gasteiger partial charge in [0.25, 0.3) is 0 Å². The zero-order valence-electron chi connectivity index (χ0n) is 20.9. The van der Waals surface area contributed by atoms with E-state index < -0.39 is 0 Å². The van der Waals surface area contributed by atoms with Crippen LogP contribution in [0, 0.1) is 5.41 Å². The van der Waals surface area contributed by atoms with E-state index in [1.165, 1.54) is 44.7 Å². The molecule has 0 amide bonds. The highest BCUT2D eigenvalue weighted by Gasteiger charge is 2.30. The number of rotatable bonds is 6. The van der Waals surface area contributed by atoms with Crippen LogP contribution in [0.15, 0.2) is 46.4 Å². The number of fused-ring (bicyclic) bond motifs is 6. The van der Waals surface area contributed by atoms with Crippen molar-refractivity contribution in [3.8, 4) is 11.5 Å². The Kier molecular flexibility index (Phi) is 5.20. The summed E-state index contributed by atoms with van der Waals surface area (Å²) in [6, 6.07) is 12.5. The maximum atomic E-state index is 5.47. The van der Waals surface area contributed by atoms with Gasteiger partial charge in [-0.3, -0.25) is 9.98 Å². The fourth-order valence-electron chi connectivity index (χ4n) is 5.74.